The molecule has 2 amide bonds. The first-order valence-corrected chi connectivity index (χ1v) is 11.4. The van der Waals surface area contributed by atoms with E-state index in [1.807, 2.05) is 65.6 Å². The molecule has 4 heteroatoms. The van der Waals surface area contributed by atoms with Crippen molar-refractivity contribution in [3.05, 3.63) is 102 Å². The van der Waals surface area contributed by atoms with Crippen LogP contribution in [0.15, 0.2) is 84.9 Å². The van der Waals surface area contributed by atoms with Gasteiger partial charge in [0.25, 0.3) is 5.91 Å². The summed E-state index contributed by atoms with van der Waals surface area (Å²) in [4.78, 5) is 28.7. The first-order chi connectivity index (χ1) is 15.5. The van der Waals surface area contributed by atoms with Crippen LogP contribution < -0.4 is 5.32 Å². The largest absolute Gasteiger partial charge is 0.331 e. The second-order valence-corrected chi connectivity index (χ2v) is 8.73. The molecule has 3 aromatic rings. The Balaban J connectivity index is 1.69. The Kier molecular flexibility index (Phi) is 6.69. The number of anilines is 1. The Hall–Kier alpha value is -3.40. The monoisotopic (exact) mass is 426 g/mol. The summed E-state index contributed by atoms with van der Waals surface area (Å²) in [6.07, 6.45) is 1.54. The van der Waals surface area contributed by atoms with E-state index in [-0.39, 0.29) is 23.8 Å². The number of likely N-dealkylation sites (tertiary alicyclic amines) is 1. The maximum atomic E-state index is 13.5. The zero-order valence-corrected chi connectivity index (χ0v) is 18.7. The number of hydrogen-bond donors (Lipinski definition) is 1. The van der Waals surface area contributed by atoms with Crippen molar-refractivity contribution in [1.82, 2.24) is 4.90 Å². The van der Waals surface area contributed by atoms with Crippen LogP contribution in [0.3, 0.4) is 0 Å². The van der Waals surface area contributed by atoms with Crippen LogP contribution in [0.4, 0.5) is 5.69 Å². The van der Waals surface area contributed by atoms with Gasteiger partial charge in [0.1, 0.15) is 0 Å². The van der Waals surface area contributed by atoms with Crippen molar-refractivity contribution >= 4 is 17.5 Å². The van der Waals surface area contributed by atoms with E-state index in [1.54, 1.807) is 0 Å². The van der Waals surface area contributed by atoms with E-state index in [0.717, 1.165) is 24.1 Å². The standard InChI is InChI=1S/C28H30N2O2/c1-20(2)21-15-17-22(18-16-21)26-25(27(31)29-24-12-7-4-8-13-24)14-9-19-30(26)28(32)23-10-5-3-6-11-23/h3-8,10-13,15-18,20,25-26H,9,14,19H2,1-2H3,(H,29,31)/t25-,26-/m0/s1. The fraction of sp³-hybridized carbons (Fsp3) is 0.286. The number of carbonyl (C=O) groups excluding carboxylic acids is 2. The highest BCUT2D eigenvalue weighted by atomic mass is 16.2. The van der Waals surface area contributed by atoms with Crippen LogP contribution >= 0.6 is 0 Å². The van der Waals surface area contributed by atoms with E-state index in [9.17, 15) is 9.59 Å². The molecular formula is C28H30N2O2. The zero-order chi connectivity index (χ0) is 22.5. The third-order valence-electron chi connectivity index (χ3n) is 6.24. The van der Waals surface area contributed by atoms with Crippen LogP contribution in [-0.2, 0) is 4.79 Å². The molecule has 0 aromatic heterocycles. The van der Waals surface area contributed by atoms with E-state index in [4.69, 9.17) is 0 Å². The molecule has 4 nitrogen and oxygen atoms in total. The number of benzene rings is 3. The van der Waals surface area contributed by atoms with Gasteiger partial charge in [0.2, 0.25) is 5.91 Å². The summed E-state index contributed by atoms with van der Waals surface area (Å²) in [5.41, 5.74) is 3.68. The lowest BCUT2D eigenvalue weighted by Crippen LogP contribution is -2.46. The van der Waals surface area contributed by atoms with Crippen molar-refractivity contribution in [2.45, 2.75) is 38.6 Å². The van der Waals surface area contributed by atoms with E-state index in [0.29, 0.717) is 18.0 Å². The van der Waals surface area contributed by atoms with Crippen LogP contribution in [0.25, 0.3) is 0 Å². The smallest absolute Gasteiger partial charge is 0.254 e. The minimum absolute atomic E-state index is 0.0271. The highest BCUT2D eigenvalue weighted by molar-refractivity contribution is 5.97. The first kappa shape index (κ1) is 21.8. The van der Waals surface area contributed by atoms with Gasteiger partial charge < -0.3 is 10.2 Å². The summed E-state index contributed by atoms with van der Waals surface area (Å²) >= 11 is 0. The van der Waals surface area contributed by atoms with Crippen molar-refractivity contribution in [2.24, 2.45) is 5.92 Å². The van der Waals surface area contributed by atoms with Crippen LogP contribution in [0, 0.1) is 5.92 Å². The van der Waals surface area contributed by atoms with Crippen molar-refractivity contribution in [2.75, 3.05) is 11.9 Å². The van der Waals surface area contributed by atoms with Gasteiger partial charge in [0.05, 0.1) is 12.0 Å². The lowest BCUT2D eigenvalue weighted by molar-refractivity contribution is -0.123. The Labute approximate surface area is 190 Å². The van der Waals surface area contributed by atoms with E-state index in [1.165, 1.54) is 5.56 Å². The number of amides is 2. The molecule has 1 aliphatic rings. The van der Waals surface area contributed by atoms with Crippen molar-refractivity contribution in [3.63, 3.8) is 0 Å². The topological polar surface area (TPSA) is 49.4 Å². The third kappa shape index (κ3) is 4.75. The van der Waals surface area contributed by atoms with E-state index < -0.39 is 0 Å². The third-order valence-corrected chi connectivity index (χ3v) is 6.24. The molecule has 0 radical (unpaired) electrons. The fourth-order valence-corrected chi connectivity index (χ4v) is 4.49. The fourth-order valence-electron chi connectivity index (χ4n) is 4.49. The molecule has 1 saturated heterocycles. The maximum absolute atomic E-state index is 13.5. The normalized spacial score (nSPS) is 18.4. The quantitative estimate of drug-likeness (QED) is 0.540. The molecule has 0 unspecified atom stereocenters. The van der Waals surface area contributed by atoms with Gasteiger partial charge in [-0.3, -0.25) is 9.59 Å². The molecule has 3 aromatic carbocycles. The number of nitrogens with one attached hydrogen (secondary N) is 1. The van der Waals surface area contributed by atoms with Crippen molar-refractivity contribution < 1.29 is 9.59 Å². The molecule has 32 heavy (non-hydrogen) atoms. The summed E-state index contributed by atoms with van der Waals surface area (Å²) < 4.78 is 0. The van der Waals surface area contributed by atoms with E-state index in [2.05, 4.69) is 43.4 Å². The van der Waals surface area contributed by atoms with Gasteiger partial charge >= 0.3 is 0 Å². The predicted octanol–water partition coefficient (Wildman–Crippen LogP) is 6.04. The highest BCUT2D eigenvalue weighted by Crippen LogP contribution is 2.38. The Morgan fingerprint density at radius 3 is 2.12 bits per heavy atom. The average molecular weight is 427 g/mol. The number of nitrogens with zero attached hydrogens (tertiary/aromatic N) is 1. The number of hydrogen-bond acceptors (Lipinski definition) is 2. The van der Waals surface area contributed by atoms with Gasteiger partial charge in [0, 0.05) is 17.8 Å². The minimum atomic E-state index is -0.318. The number of rotatable bonds is 5. The maximum Gasteiger partial charge on any atom is 0.254 e. The molecule has 2 atom stereocenters. The SMILES string of the molecule is CC(C)c1ccc([C@H]2[C@@H](C(=O)Nc3ccccc3)CCCN2C(=O)c2ccccc2)cc1. The molecule has 4 rings (SSSR count). The van der Waals surface area contributed by atoms with Crippen molar-refractivity contribution in [3.8, 4) is 0 Å². The molecule has 1 heterocycles. The van der Waals surface area contributed by atoms with Crippen molar-refractivity contribution in [1.29, 1.82) is 0 Å². The summed E-state index contributed by atoms with van der Waals surface area (Å²) in [6, 6.07) is 27.0. The Bertz CT molecular complexity index is 1050. The van der Waals surface area contributed by atoms with Gasteiger partial charge in [0.15, 0.2) is 0 Å². The molecule has 0 spiro atoms. The molecule has 164 valence electrons. The average Bonchev–Trinajstić information content (AvgIpc) is 2.84. The molecule has 1 fully saturated rings. The van der Waals surface area contributed by atoms with Crippen LogP contribution in [0.5, 0.6) is 0 Å². The highest BCUT2D eigenvalue weighted by Gasteiger charge is 2.39. The van der Waals surface area contributed by atoms with Crippen LogP contribution in [-0.4, -0.2) is 23.3 Å². The lowest BCUT2D eigenvalue weighted by atomic mass is 9.83. The molecule has 0 bridgehead atoms. The number of carbonyl (C=O) groups is 2. The molecule has 1 aliphatic heterocycles. The molecule has 1 N–H and O–H groups in total. The Morgan fingerprint density at radius 2 is 1.50 bits per heavy atom. The summed E-state index contributed by atoms with van der Waals surface area (Å²) in [5.74, 6) is 0.0385. The first-order valence-electron chi connectivity index (χ1n) is 11.4. The zero-order valence-electron chi connectivity index (χ0n) is 18.7. The second-order valence-electron chi connectivity index (χ2n) is 8.73. The van der Waals surface area contributed by atoms with Crippen LogP contribution in [0.2, 0.25) is 0 Å². The number of para-hydroxylation sites is 1. The number of piperidine rings is 1. The molecular weight excluding hydrogens is 396 g/mol. The van der Waals surface area contributed by atoms with Gasteiger partial charge in [-0.15, -0.1) is 0 Å². The molecule has 0 saturated carbocycles. The second kappa shape index (κ2) is 9.82. The molecule has 0 aliphatic carbocycles. The van der Waals surface area contributed by atoms with Gasteiger partial charge in [-0.05, 0) is 54.2 Å². The van der Waals surface area contributed by atoms with Crippen LogP contribution in [0.1, 0.15) is 60.1 Å². The summed E-state index contributed by atoms with van der Waals surface area (Å²) in [7, 11) is 0. The summed E-state index contributed by atoms with van der Waals surface area (Å²) in [5, 5.41) is 3.06. The van der Waals surface area contributed by atoms with Gasteiger partial charge in [-0.1, -0.05) is 74.5 Å². The van der Waals surface area contributed by atoms with Gasteiger partial charge in [-0.2, -0.15) is 0 Å². The lowest BCUT2D eigenvalue weighted by Gasteiger charge is -2.41. The van der Waals surface area contributed by atoms with E-state index >= 15 is 0 Å². The minimum Gasteiger partial charge on any atom is -0.331 e. The summed E-state index contributed by atoms with van der Waals surface area (Å²) in [6.45, 7) is 4.97. The predicted molar refractivity (Wildman–Crippen MR) is 129 cm³/mol. The van der Waals surface area contributed by atoms with Gasteiger partial charge in [-0.25, -0.2) is 0 Å². The Morgan fingerprint density at radius 1 is 0.875 bits per heavy atom.